The number of amides is 2. The molecule has 3 rings (SSSR count). The van der Waals surface area contributed by atoms with Crippen LogP contribution in [0.2, 0.25) is 0 Å². The highest BCUT2D eigenvalue weighted by Crippen LogP contribution is 2.18. The fourth-order valence-electron chi connectivity index (χ4n) is 4.20. The van der Waals surface area contributed by atoms with Crippen LogP contribution in [-0.2, 0) is 17.8 Å². The van der Waals surface area contributed by atoms with Crippen LogP contribution in [0, 0.1) is 13.8 Å². The van der Waals surface area contributed by atoms with E-state index < -0.39 is 5.91 Å². The Labute approximate surface area is 200 Å². The third-order valence-electron chi connectivity index (χ3n) is 6.23. The number of hydrogen-bond donors (Lipinski definition) is 2. The summed E-state index contributed by atoms with van der Waals surface area (Å²) >= 11 is 0. The molecule has 7 heteroatoms. The van der Waals surface area contributed by atoms with Gasteiger partial charge in [-0.3, -0.25) is 19.9 Å². The van der Waals surface area contributed by atoms with Gasteiger partial charge in [-0.1, -0.05) is 37.8 Å². The smallest absolute Gasteiger partial charge is 0.280 e. The van der Waals surface area contributed by atoms with Gasteiger partial charge < -0.3 is 9.67 Å². The Bertz CT molecular complexity index is 1210. The number of carbonyl (C=O) groups is 2. The van der Waals surface area contributed by atoms with Crippen molar-refractivity contribution in [2.75, 3.05) is 7.05 Å². The minimum atomic E-state index is -0.543. The van der Waals surface area contributed by atoms with Crippen molar-refractivity contribution in [3.63, 3.8) is 0 Å². The monoisotopic (exact) mass is 462 g/mol. The van der Waals surface area contributed by atoms with E-state index in [1.165, 1.54) is 18.4 Å². The van der Waals surface area contributed by atoms with Gasteiger partial charge in [0.1, 0.15) is 5.75 Å². The largest absolute Gasteiger partial charge is 0.508 e. The number of phenols is 1. The summed E-state index contributed by atoms with van der Waals surface area (Å²) in [6, 6.07) is 11.5. The van der Waals surface area contributed by atoms with Crippen LogP contribution in [0.1, 0.15) is 65.7 Å². The van der Waals surface area contributed by atoms with Crippen LogP contribution in [-0.4, -0.2) is 34.0 Å². The molecule has 34 heavy (non-hydrogen) atoms. The number of aromatic nitrogens is 2. The van der Waals surface area contributed by atoms with E-state index in [4.69, 9.17) is 0 Å². The topological polar surface area (TPSA) is 96.6 Å². The van der Waals surface area contributed by atoms with Gasteiger partial charge in [-0.2, -0.15) is 0 Å². The highest BCUT2D eigenvalue weighted by atomic mass is 16.3. The van der Waals surface area contributed by atoms with Crippen molar-refractivity contribution in [2.24, 2.45) is 4.99 Å². The first-order valence-corrected chi connectivity index (χ1v) is 11.9. The fraction of sp³-hybridized carbons (Fsp3) is 0.407. The molecule has 3 aromatic rings. The molecule has 1 aromatic heterocycles. The molecule has 1 heterocycles. The minimum Gasteiger partial charge on any atom is -0.508 e. The molecule has 0 fully saturated rings. The minimum absolute atomic E-state index is 0.166. The van der Waals surface area contributed by atoms with Crippen LogP contribution >= 0.6 is 0 Å². The summed E-state index contributed by atoms with van der Waals surface area (Å²) in [4.78, 5) is 32.2. The zero-order valence-corrected chi connectivity index (χ0v) is 20.3. The van der Waals surface area contributed by atoms with Gasteiger partial charge in [0.2, 0.25) is 6.41 Å². The summed E-state index contributed by atoms with van der Waals surface area (Å²) in [7, 11) is 1.65. The Balaban J connectivity index is 1.63. The molecule has 180 valence electrons. The summed E-state index contributed by atoms with van der Waals surface area (Å²) in [6.07, 6.45) is 8.10. The predicted molar refractivity (Wildman–Crippen MR) is 134 cm³/mol. The van der Waals surface area contributed by atoms with Crippen molar-refractivity contribution >= 4 is 23.4 Å². The van der Waals surface area contributed by atoms with Crippen LogP contribution in [0.5, 0.6) is 5.75 Å². The fourth-order valence-corrected chi connectivity index (χ4v) is 4.20. The average Bonchev–Trinajstić information content (AvgIpc) is 2.82. The van der Waals surface area contributed by atoms with E-state index in [9.17, 15) is 14.7 Å². The lowest BCUT2D eigenvalue weighted by Gasteiger charge is -2.15. The van der Waals surface area contributed by atoms with Crippen molar-refractivity contribution in [2.45, 2.75) is 65.3 Å². The molecule has 0 spiro atoms. The molecule has 0 saturated carbocycles. The third kappa shape index (κ3) is 6.31. The van der Waals surface area contributed by atoms with Crippen LogP contribution in [0.3, 0.4) is 0 Å². The molecule has 2 amide bonds. The van der Waals surface area contributed by atoms with Gasteiger partial charge in [-0.25, -0.2) is 4.98 Å². The maximum Gasteiger partial charge on any atom is 0.280 e. The second-order valence-corrected chi connectivity index (χ2v) is 8.71. The van der Waals surface area contributed by atoms with Gasteiger partial charge in [-0.15, -0.1) is 0 Å². The third-order valence-corrected chi connectivity index (χ3v) is 6.23. The highest BCUT2D eigenvalue weighted by Gasteiger charge is 2.16. The van der Waals surface area contributed by atoms with Gasteiger partial charge in [0.05, 0.1) is 11.0 Å². The van der Waals surface area contributed by atoms with Crippen molar-refractivity contribution in [3.8, 4) is 5.75 Å². The molecule has 0 aliphatic carbocycles. The number of fused-ring (bicyclic) bond motifs is 1. The van der Waals surface area contributed by atoms with Gasteiger partial charge in [0.25, 0.3) is 5.91 Å². The summed E-state index contributed by atoms with van der Waals surface area (Å²) < 4.78 is 2.05. The first-order chi connectivity index (χ1) is 16.4. The Kier molecular flexibility index (Phi) is 8.96. The number of unbranched alkanes of at least 4 members (excludes halogenated alkanes) is 5. The number of benzene rings is 2. The maximum atomic E-state index is 12.5. The zero-order valence-electron chi connectivity index (χ0n) is 20.3. The van der Waals surface area contributed by atoms with Crippen LogP contribution in [0.25, 0.3) is 11.0 Å². The van der Waals surface area contributed by atoms with Crippen molar-refractivity contribution < 1.29 is 14.7 Å². The first-order valence-electron chi connectivity index (χ1n) is 11.9. The van der Waals surface area contributed by atoms with Crippen LogP contribution < -0.4 is 10.8 Å². The van der Waals surface area contributed by atoms with E-state index in [-0.39, 0.29) is 5.69 Å². The second kappa shape index (κ2) is 12.1. The average molecular weight is 463 g/mol. The number of carbonyl (C=O) groups excluding carboxylic acids is 2. The molecular formula is C27H34N4O3. The normalized spacial score (nSPS) is 11.7. The quantitative estimate of drug-likeness (QED) is 0.327. The lowest BCUT2D eigenvalue weighted by Crippen LogP contribution is -2.35. The summed E-state index contributed by atoms with van der Waals surface area (Å²) in [6.45, 7) is 4.81. The van der Waals surface area contributed by atoms with E-state index in [0.29, 0.717) is 17.6 Å². The lowest BCUT2D eigenvalue weighted by atomic mass is 10.0. The molecule has 0 aliphatic rings. The van der Waals surface area contributed by atoms with E-state index in [2.05, 4.69) is 32.9 Å². The number of phenolic OH excluding ortho intramolecular Hbond substituents is 1. The molecule has 0 saturated heterocycles. The maximum absolute atomic E-state index is 12.5. The van der Waals surface area contributed by atoms with Crippen LogP contribution in [0.15, 0.2) is 41.4 Å². The second-order valence-electron chi connectivity index (χ2n) is 8.71. The Morgan fingerprint density at radius 3 is 2.35 bits per heavy atom. The molecule has 0 aliphatic heterocycles. The summed E-state index contributed by atoms with van der Waals surface area (Å²) in [5.41, 5.74) is 5.84. The molecule has 0 radical (unpaired) electrons. The van der Waals surface area contributed by atoms with Gasteiger partial charge in [0, 0.05) is 13.6 Å². The Hall–Kier alpha value is -3.48. The van der Waals surface area contributed by atoms with Crippen molar-refractivity contribution in [3.05, 3.63) is 64.3 Å². The molecule has 7 nitrogen and oxygen atoms in total. The van der Waals surface area contributed by atoms with Gasteiger partial charge in [0.15, 0.2) is 11.2 Å². The Morgan fingerprint density at radius 2 is 1.68 bits per heavy atom. The number of hydrogen-bond acceptors (Lipinski definition) is 5. The zero-order chi connectivity index (χ0) is 24.5. The molecule has 2 aromatic carbocycles. The summed E-state index contributed by atoms with van der Waals surface area (Å²) in [5.74, 6) is -0.234. The first kappa shape index (κ1) is 25.1. The van der Waals surface area contributed by atoms with Crippen LogP contribution in [0.4, 0.5) is 0 Å². The van der Waals surface area contributed by atoms with E-state index in [1.54, 1.807) is 19.2 Å². The highest BCUT2D eigenvalue weighted by molar-refractivity contribution is 5.99. The van der Waals surface area contributed by atoms with Crippen molar-refractivity contribution in [1.82, 2.24) is 14.9 Å². The van der Waals surface area contributed by atoms with E-state index in [0.717, 1.165) is 60.8 Å². The molecule has 0 bridgehead atoms. The molecule has 0 atom stereocenters. The van der Waals surface area contributed by atoms with E-state index in [1.807, 2.05) is 25.1 Å². The van der Waals surface area contributed by atoms with Gasteiger partial charge in [-0.05, 0) is 74.1 Å². The number of aryl methyl sites for hydroxylation is 4. The standard InChI is InChI=1S/C27H34N4O3/c1-19-16-23-24(17-20(19)2)31(26(28-3)25(30-23)27(34)29-18-32)15-9-7-5-4-6-8-10-21-11-13-22(33)14-12-21/h11-14,16-18,33H,4-10,15H2,1-3H3,(H,29,32,34). The Morgan fingerprint density at radius 1 is 1.03 bits per heavy atom. The molecule has 2 N–H and O–H groups in total. The molecular weight excluding hydrogens is 428 g/mol. The SMILES string of the molecule is CN=c1c(C(=O)NC=O)nc2cc(C)c(C)cc2n1CCCCCCCCc1ccc(O)cc1. The number of aromatic hydroxyl groups is 1. The van der Waals surface area contributed by atoms with Gasteiger partial charge >= 0.3 is 0 Å². The predicted octanol–water partition coefficient (Wildman–Crippen LogP) is 4.36. The lowest BCUT2D eigenvalue weighted by molar-refractivity contribution is -0.108. The number of nitrogens with one attached hydrogen (secondary N) is 1. The molecule has 0 unspecified atom stereocenters. The van der Waals surface area contributed by atoms with Crippen molar-refractivity contribution in [1.29, 1.82) is 0 Å². The summed E-state index contributed by atoms with van der Waals surface area (Å²) in [5, 5.41) is 11.6. The number of rotatable bonds is 11. The number of nitrogens with zero attached hydrogens (tertiary/aromatic N) is 3. The van der Waals surface area contributed by atoms with E-state index >= 15 is 0 Å². The number of imide groups is 1.